The van der Waals surface area contributed by atoms with E-state index in [-0.39, 0.29) is 23.4 Å². The van der Waals surface area contributed by atoms with Gasteiger partial charge in [-0.25, -0.2) is 4.98 Å². The minimum absolute atomic E-state index is 0.0648. The second kappa shape index (κ2) is 4.45. The van der Waals surface area contributed by atoms with Gasteiger partial charge >= 0.3 is 0 Å². The molecule has 0 saturated carbocycles. The zero-order chi connectivity index (χ0) is 14.4. The molecule has 104 valence electrons. The van der Waals surface area contributed by atoms with Crippen molar-refractivity contribution in [3.05, 3.63) is 28.2 Å². The largest absolute Gasteiger partial charge is 0.368 e. The van der Waals surface area contributed by atoms with Crippen molar-refractivity contribution >= 4 is 29.3 Å². The van der Waals surface area contributed by atoms with Gasteiger partial charge in [-0.15, -0.1) is 0 Å². The highest BCUT2D eigenvalue weighted by atomic mass is 35.5. The van der Waals surface area contributed by atoms with Crippen LogP contribution in [0.3, 0.4) is 0 Å². The van der Waals surface area contributed by atoms with Gasteiger partial charge in [-0.1, -0.05) is 11.6 Å². The van der Waals surface area contributed by atoms with Gasteiger partial charge < -0.3 is 5.73 Å². The molecule has 0 atom stereocenters. The lowest BCUT2D eigenvalue weighted by atomic mass is 10.2. The second-order valence-electron chi connectivity index (χ2n) is 4.71. The first kappa shape index (κ1) is 12.9. The molecule has 8 heteroatoms. The Morgan fingerprint density at radius 3 is 2.85 bits per heavy atom. The number of hydrogen-bond acceptors (Lipinski definition) is 5. The molecule has 0 unspecified atom stereocenters. The highest BCUT2D eigenvalue weighted by Crippen LogP contribution is 2.33. The predicted octanol–water partition coefficient (Wildman–Crippen LogP) is 0.843. The Morgan fingerprint density at radius 2 is 2.20 bits per heavy atom. The van der Waals surface area contributed by atoms with E-state index in [9.17, 15) is 4.79 Å². The summed E-state index contributed by atoms with van der Waals surface area (Å²) in [5, 5.41) is 4.41. The molecule has 7 nitrogen and oxygen atoms in total. The topological polar surface area (TPSA) is 89.9 Å². The molecule has 1 aliphatic rings. The van der Waals surface area contributed by atoms with E-state index in [2.05, 4.69) is 15.1 Å². The number of aromatic nitrogens is 4. The molecule has 0 aromatic carbocycles. The van der Waals surface area contributed by atoms with Gasteiger partial charge in [0.2, 0.25) is 11.9 Å². The van der Waals surface area contributed by atoms with E-state index >= 15 is 0 Å². The van der Waals surface area contributed by atoms with Crippen LogP contribution in [0.15, 0.2) is 6.20 Å². The highest BCUT2D eigenvalue weighted by Gasteiger charge is 2.32. The number of nitrogen functional groups attached to an aromatic ring is 1. The fourth-order valence-corrected chi connectivity index (χ4v) is 2.47. The van der Waals surface area contributed by atoms with E-state index in [1.807, 2.05) is 14.0 Å². The number of fused-ring (bicyclic) bond motifs is 1. The van der Waals surface area contributed by atoms with Crippen molar-refractivity contribution < 1.29 is 4.79 Å². The summed E-state index contributed by atoms with van der Waals surface area (Å²) < 4.78 is 1.76. The van der Waals surface area contributed by atoms with Crippen LogP contribution in [-0.4, -0.2) is 25.7 Å². The van der Waals surface area contributed by atoms with Crippen LogP contribution in [0, 0.1) is 6.92 Å². The molecule has 0 radical (unpaired) electrons. The van der Waals surface area contributed by atoms with Crippen LogP contribution in [0.25, 0.3) is 0 Å². The summed E-state index contributed by atoms with van der Waals surface area (Å²) in [7, 11) is 1.86. The van der Waals surface area contributed by atoms with Gasteiger partial charge in [-0.05, 0) is 6.92 Å². The maximum atomic E-state index is 12.1. The summed E-state index contributed by atoms with van der Waals surface area (Å²) in [5.74, 6) is 0.497. The summed E-state index contributed by atoms with van der Waals surface area (Å²) in [6.45, 7) is 2.35. The van der Waals surface area contributed by atoms with Gasteiger partial charge in [0.15, 0.2) is 0 Å². The van der Waals surface area contributed by atoms with Crippen molar-refractivity contribution in [3.63, 3.8) is 0 Å². The molecule has 20 heavy (non-hydrogen) atoms. The Kier molecular flexibility index (Phi) is 2.86. The van der Waals surface area contributed by atoms with Crippen molar-refractivity contribution in [2.24, 2.45) is 7.05 Å². The molecule has 0 bridgehead atoms. The number of anilines is 2. The monoisotopic (exact) mass is 292 g/mol. The lowest BCUT2D eigenvalue weighted by molar-refractivity contribution is -0.117. The summed E-state index contributed by atoms with van der Waals surface area (Å²) >= 11 is 6.02. The van der Waals surface area contributed by atoms with E-state index in [1.165, 1.54) is 0 Å². The maximum Gasteiger partial charge on any atom is 0.233 e. The lowest BCUT2D eigenvalue weighted by Gasteiger charge is -2.16. The third kappa shape index (κ3) is 1.90. The van der Waals surface area contributed by atoms with E-state index < -0.39 is 0 Å². The Labute approximate surface area is 120 Å². The number of hydrogen-bond donors (Lipinski definition) is 1. The van der Waals surface area contributed by atoms with E-state index in [0.29, 0.717) is 17.9 Å². The number of nitrogens with zero attached hydrogens (tertiary/aromatic N) is 5. The SMILES string of the molecule is Cc1c(CN2C(=O)Cc3c(Cl)nc(N)nc32)cnn1C. The number of carbonyl (C=O) groups excluding carboxylic acids is 1. The molecule has 2 aromatic heterocycles. The number of aryl methyl sites for hydroxylation is 1. The third-order valence-electron chi connectivity index (χ3n) is 3.50. The smallest absolute Gasteiger partial charge is 0.233 e. The van der Waals surface area contributed by atoms with Crippen LogP contribution < -0.4 is 10.6 Å². The molecule has 1 aliphatic heterocycles. The van der Waals surface area contributed by atoms with E-state index in [0.717, 1.165) is 11.3 Å². The van der Waals surface area contributed by atoms with Crippen LogP contribution in [-0.2, 0) is 24.8 Å². The quantitative estimate of drug-likeness (QED) is 0.829. The van der Waals surface area contributed by atoms with Gasteiger partial charge in [0.05, 0.1) is 19.2 Å². The van der Waals surface area contributed by atoms with Crippen LogP contribution in [0.5, 0.6) is 0 Å². The molecule has 0 spiro atoms. The zero-order valence-corrected chi connectivity index (χ0v) is 11.8. The molecule has 2 N–H and O–H groups in total. The van der Waals surface area contributed by atoms with Crippen molar-refractivity contribution in [1.82, 2.24) is 19.7 Å². The molecule has 0 saturated heterocycles. The molecular formula is C12H13ClN6O. The average Bonchev–Trinajstić information content (AvgIpc) is 2.86. The summed E-state index contributed by atoms with van der Waals surface area (Å²) in [6.07, 6.45) is 1.94. The van der Waals surface area contributed by atoms with Gasteiger partial charge in [0.1, 0.15) is 11.0 Å². The molecule has 0 aliphatic carbocycles. The second-order valence-corrected chi connectivity index (χ2v) is 5.07. The van der Waals surface area contributed by atoms with E-state index in [1.54, 1.807) is 15.8 Å². The lowest BCUT2D eigenvalue weighted by Crippen LogP contribution is -2.27. The van der Waals surface area contributed by atoms with Crippen molar-refractivity contribution in [2.75, 3.05) is 10.6 Å². The number of amides is 1. The molecular weight excluding hydrogens is 280 g/mol. The van der Waals surface area contributed by atoms with Gasteiger partial charge in [0.25, 0.3) is 0 Å². The van der Waals surface area contributed by atoms with Crippen LogP contribution in [0.1, 0.15) is 16.8 Å². The predicted molar refractivity (Wildman–Crippen MR) is 74.3 cm³/mol. The van der Waals surface area contributed by atoms with Gasteiger partial charge in [-0.2, -0.15) is 10.1 Å². The van der Waals surface area contributed by atoms with Crippen molar-refractivity contribution in [1.29, 1.82) is 0 Å². The molecule has 3 rings (SSSR count). The van der Waals surface area contributed by atoms with Gasteiger partial charge in [-0.3, -0.25) is 14.4 Å². The maximum absolute atomic E-state index is 12.1. The third-order valence-corrected chi connectivity index (χ3v) is 3.81. The minimum atomic E-state index is -0.0648. The van der Waals surface area contributed by atoms with Crippen LogP contribution >= 0.6 is 11.6 Å². The van der Waals surface area contributed by atoms with Crippen LogP contribution in [0.4, 0.5) is 11.8 Å². The first-order valence-electron chi connectivity index (χ1n) is 6.07. The molecule has 0 fully saturated rings. The number of rotatable bonds is 2. The van der Waals surface area contributed by atoms with Gasteiger partial charge in [0, 0.05) is 23.9 Å². The average molecular weight is 293 g/mol. The number of halogens is 1. The van der Waals surface area contributed by atoms with Crippen LogP contribution in [0.2, 0.25) is 5.15 Å². The molecule has 1 amide bonds. The first-order chi connectivity index (χ1) is 9.47. The van der Waals surface area contributed by atoms with Crippen molar-refractivity contribution in [2.45, 2.75) is 19.9 Å². The Hall–Kier alpha value is -2.15. The number of nitrogens with two attached hydrogens (primary N) is 1. The molecule has 3 heterocycles. The molecule has 2 aromatic rings. The fourth-order valence-electron chi connectivity index (χ4n) is 2.23. The normalized spacial score (nSPS) is 13.9. The first-order valence-corrected chi connectivity index (χ1v) is 6.45. The Bertz CT molecular complexity index is 710. The summed E-state index contributed by atoms with van der Waals surface area (Å²) in [6, 6.07) is 0. The highest BCUT2D eigenvalue weighted by molar-refractivity contribution is 6.31. The summed E-state index contributed by atoms with van der Waals surface area (Å²) in [5.41, 5.74) is 8.20. The fraction of sp³-hybridized carbons (Fsp3) is 0.333. The Morgan fingerprint density at radius 1 is 1.45 bits per heavy atom. The Balaban J connectivity index is 2.00. The van der Waals surface area contributed by atoms with Crippen molar-refractivity contribution in [3.8, 4) is 0 Å². The number of carbonyl (C=O) groups is 1. The summed E-state index contributed by atoms with van der Waals surface area (Å²) in [4.78, 5) is 21.7. The van der Waals surface area contributed by atoms with E-state index in [4.69, 9.17) is 17.3 Å². The minimum Gasteiger partial charge on any atom is -0.368 e. The standard InChI is InChI=1S/C12H13ClN6O/c1-6-7(4-15-18(6)2)5-19-9(20)3-8-10(13)16-12(14)17-11(8)19/h4H,3,5H2,1-2H3,(H2,14,16,17). The zero-order valence-electron chi connectivity index (χ0n) is 11.1.